The van der Waals surface area contributed by atoms with Crippen molar-refractivity contribution in [2.45, 2.75) is 37.6 Å². The highest BCUT2D eigenvalue weighted by molar-refractivity contribution is 5.79. The minimum atomic E-state index is -0.260. The van der Waals surface area contributed by atoms with Crippen LogP contribution in [-0.2, 0) is 4.74 Å². The van der Waals surface area contributed by atoms with Gasteiger partial charge in [0.15, 0.2) is 0 Å². The lowest BCUT2D eigenvalue weighted by molar-refractivity contribution is 0.0851. The molecule has 0 amide bonds. The first-order valence-corrected chi connectivity index (χ1v) is 11.2. The molecule has 3 N–H and O–H groups in total. The van der Waals surface area contributed by atoms with Crippen LogP contribution in [0.1, 0.15) is 48.8 Å². The summed E-state index contributed by atoms with van der Waals surface area (Å²) in [5.41, 5.74) is 12.9. The highest BCUT2D eigenvalue weighted by Gasteiger charge is 2.25. The van der Waals surface area contributed by atoms with Crippen molar-refractivity contribution in [2.75, 3.05) is 25.5 Å². The SMILES string of the molecule is Nc1ncc(-c2ccc(C3CCOCC3)c([C@@H]3CCCN3)c2)cc1-c1ccc(F)cc1. The Bertz CT molecular complexity index is 1050. The Morgan fingerprint density at radius 2 is 1.68 bits per heavy atom. The van der Waals surface area contributed by atoms with Crippen molar-refractivity contribution in [1.82, 2.24) is 10.3 Å². The van der Waals surface area contributed by atoms with Crippen molar-refractivity contribution in [3.8, 4) is 22.3 Å². The zero-order valence-corrected chi connectivity index (χ0v) is 17.6. The largest absolute Gasteiger partial charge is 0.383 e. The Morgan fingerprint density at radius 3 is 2.42 bits per heavy atom. The summed E-state index contributed by atoms with van der Waals surface area (Å²) in [6.07, 6.45) is 6.37. The number of aromatic nitrogens is 1. The van der Waals surface area contributed by atoms with Crippen LogP contribution in [0, 0.1) is 5.82 Å². The van der Waals surface area contributed by atoms with Crippen LogP contribution in [0.25, 0.3) is 22.3 Å². The van der Waals surface area contributed by atoms with Gasteiger partial charge in [0, 0.05) is 36.6 Å². The third-order valence-corrected chi connectivity index (χ3v) is 6.59. The number of ether oxygens (including phenoxy) is 1. The van der Waals surface area contributed by atoms with Gasteiger partial charge in [-0.3, -0.25) is 0 Å². The van der Waals surface area contributed by atoms with Gasteiger partial charge >= 0.3 is 0 Å². The van der Waals surface area contributed by atoms with Gasteiger partial charge in [0.05, 0.1) is 0 Å². The monoisotopic (exact) mass is 417 g/mol. The maximum atomic E-state index is 13.4. The molecule has 5 heteroatoms. The lowest BCUT2D eigenvalue weighted by Crippen LogP contribution is -2.19. The zero-order valence-electron chi connectivity index (χ0n) is 17.6. The average molecular weight is 418 g/mol. The van der Waals surface area contributed by atoms with E-state index in [1.165, 1.54) is 36.1 Å². The van der Waals surface area contributed by atoms with Gasteiger partial charge in [-0.05, 0) is 84.7 Å². The number of halogens is 1. The second-order valence-corrected chi connectivity index (χ2v) is 8.54. The van der Waals surface area contributed by atoms with E-state index in [0.29, 0.717) is 17.8 Å². The summed E-state index contributed by atoms with van der Waals surface area (Å²) in [5.74, 6) is 0.746. The Hall–Kier alpha value is -2.76. The van der Waals surface area contributed by atoms with Crippen LogP contribution in [0.3, 0.4) is 0 Å². The molecule has 1 atom stereocenters. The number of nitrogens with two attached hydrogens (primary N) is 1. The number of nitrogen functional groups attached to an aromatic ring is 1. The molecule has 2 fully saturated rings. The molecule has 1 aromatic heterocycles. The van der Waals surface area contributed by atoms with E-state index in [1.807, 2.05) is 6.20 Å². The van der Waals surface area contributed by atoms with Gasteiger partial charge < -0.3 is 15.8 Å². The molecule has 0 unspecified atom stereocenters. The highest BCUT2D eigenvalue weighted by atomic mass is 19.1. The molecule has 0 spiro atoms. The van der Waals surface area contributed by atoms with E-state index in [1.54, 1.807) is 12.1 Å². The van der Waals surface area contributed by atoms with Crippen LogP contribution >= 0.6 is 0 Å². The van der Waals surface area contributed by atoms with Crippen molar-refractivity contribution >= 4 is 5.82 Å². The van der Waals surface area contributed by atoms with Crippen molar-refractivity contribution in [3.63, 3.8) is 0 Å². The smallest absolute Gasteiger partial charge is 0.131 e. The standard InChI is InChI=1S/C26H28FN3O/c27-21-6-3-17(4-7-21)23-15-20(16-30-26(23)28)19-5-8-22(18-9-12-31-13-10-18)24(14-19)25-2-1-11-29-25/h3-8,14-16,18,25,29H,1-2,9-13H2,(H2,28,30)/t25-/m0/s1. The lowest BCUT2D eigenvalue weighted by Gasteiger charge is -2.27. The normalized spacial score (nSPS) is 19.6. The maximum absolute atomic E-state index is 13.4. The van der Waals surface area contributed by atoms with E-state index in [0.717, 1.165) is 54.9 Å². The van der Waals surface area contributed by atoms with Gasteiger partial charge in [0.25, 0.3) is 0 Å². The van der Waals surface area contributed by atoms with Crippen LogP contribution in [0.15, 0.2) is 54.7 Å². The van der Waals surface area contributed by atoms with Gasteiger partial charge in [0.2, 0.25) is 0 Å². The zero-order chi connectivity index (χ0) is 21.2. The fourth-order valence-electron chi connectivity index (χ4n) is 4.88. The molecule has 4 nitrogen and oxygen atoms in total. The summed E-state index contributed by atoms with van der Waals surface area (Å²) in [4.78, 5) is 4.45. The molecule has 0 radical (unpaired) electrons. The van der Waals surface area contributed by atoms with Gasteiger partial charge in [-0.2, -0.15) is 0 Å². The predicted molar refractivity (Wildman–Crippen MR) is 122 cm³/mol. The molecule has 3 heterocycles. The van der Waals surface area contributed by atoms with E-state index in [2.05, 4.69) is 34.6 Å². The van der Waals surface area contributed by atoms with E-state index < -0.39 is 0 Å². The first kappa shape index (κ1) is 20.2. The Balaban J connectivity index is 1.55. The molecular formula is C26H28FN3O. The number of benzene rings is 2. The summed E-state index contributed by atoms with van der Waals surface area (Å²) in [5, 5.41) is 3.68. The maximum Gasteiger partial charge on any atom is 0.131 e. The Kier molecular flexibility index (Phi) is 5.70. The average Bonchev–Trinajstić information content (AvgIpc) is 3.35. The molecule has 0 saturated carbocycles. The molecule has 2 aromatic carbocycles. The second kappa shape index (κ2) is 8.77. The number of nitrogens with one attached hydrogen (secondary N) is 1. The number of rotatable bonds is 4. The third-order valence-electron chi connectivity index (χ3n) is 6.59. The number of hydrogen-bond donors (Lipinski definition) is 2. The van der Waals surface area contributed by atoms with Crippen molar-refractivity contribution in [1.29, 1.82) is 0 Å². The number of pyridine rings is 1. The molecule has 2 aliphatic rings. The second-order valence-electron chi connectivity index (χ2n) is 8.54. The number of hydrogen-bond acceptors (Lipinski definition) is 4. The first-order valence-electron chi connectivity index (χ1n) is 11.2. The van der Waals surface area contributed by atoms with Crippen LogP contribution < -0.4 is 11.1 Å². The Morgan fingerprint density at radius 1 is 0.903 bits per heavy atom. The molecule has 2 saturated heterocycles. The summed E-state index contributed by atoms with van der Waals surface area (Å²) < 4.78 is 19.0. The molecular weight excluding hydrogens is 389 g/mol. The minimum absolute atomic E-state index is 0.260. The van der Waals surface area contributed by atoms with E-state index in [9.17, 15) is 4.39 Å². The van der Waals surface area contributed by atoms with E-state index in [4.69, 9.17) is 10.5 Å². The van der Waals surface area contributed by atoms with Gasteiger partial charge in [-0.15, -0.1) is 0 Å². The summed E-state index contributed by atoms with van der Waals surface area (Å²) in [6, 6.07) is 15.7. The van der Waals surface area contributed by atoms with Crippen LogP contribution in [-0.4, -0.2) is 24.7 Å². The first-order chi connectivity index (χ1) is 15.2. The lowest BCUT2D eigenvalue weighted by atomic mass is 9.84. The molecule has 31 heavy (non-hydrogen) atoms. The minimum Gasteiger partial charge on any atom is -0.383 e. The van der Waals surface area contributed by atoms with Crippen molar-refractivity contribution in [3.05, 3.63) is 71.7 Å². The van der Waals surface area contributed by atoms with Crippen LogP contribution in [0.5, 0.6) is 0 Å². The summed E-state index contributed by atoms with van der Waals surface area (Å²) in [7, 11) is 0. The van der Waals surface area contributed by atoms with Crippen molar-refractivity contribution in [2.24, 2.45) is 0 Å². The molecule has 5 rings (SSSR count). The van der Waals surface area contributed by atoms with Crippen LogP contribution in [0.2, 0.25) is 0 Å². The topological polar surface area (TPSA) is 60.2 Å². The quantitative estimate of drug-likeness (QED) is 0.592. The Labute approximate surface area is 182 Å². The van der Waals surface area contributed by atoms with E-state index in [-0.39, 0.29) is 5.82 Å². The fourth-order valence-corrected chi connectivity index (χ4v) is 4.88. The number of anilines is 1. The highest BCUT2D eigenvalue weighted by Crippen LogP contribution is 2.38. The summed E-state index contributed by atoms with van der Waals surface area (Å²) in [6.45, 7) is 2.75. The fraction of sp³-hybridized carbons (Fsp3) is 0.346. The molecule has 0 bridgehead atoms. The van der Waals surface area contributed by atoms with Crippen molar-refractivity contribution < 1.29 is 9.13 Å². The molecule has 3 aromatic rings. The van der Waals surface area contributed by atoms with Crippen LogP contribution in [0.4, 0.5) is 10.2 Å². The van der Waals surface area contributed by atoms with E-state index >= 15 is 0 Å². The third kappa shape index (κ3) is 4.21. The predicted octanol–water partition coefficient (Wildman–Crippen LogP) is 5.46. The van der Waals surface area contributed by atoms with Gasteiger partial charge in [-0.25, -0.2) is 9.37 Å². The molecule has 160 valence electrons. The molecule has 0 aliphatic carbocycles. The number of nitrogens with zero attached hydrogens (tertiary/aromatic N) is 1. The van der Waals surface area contributed by atoms with Gasteiger partial charge in [0.1, 0.15) is 11.6 Å². The molecule has 2 aliphatic heterocycles. The summed E-state index contributed by atoms with van der Waals surface area (Å²) >= 11 is 0. The van der Waals surface area contributed by atoms with Gasteiger partial charge in [-0.1, -0.05) is 24.3 Å².